The summed E-state index contributed by atoms with van der Waals surface area (Å²) in [6.45, 7) is 0.279. The van der Waals surface area contributed by atoms with Gasteiger partial charge in [-0.25, -0.2) is 4.79 Å². The lowest BCUT2D eigenvalue weighted by Gasteiger charge is -2.26. The summed E-state index contributed by atoms with van der Waals surface area (Å²) in [4.78, 5) is 24.3. The zero-order valence-corrected chi connectivity index (χ0v) is 18.0. The second-order valence-electron chi connectivity index (χ2n) is 7.60. The molecule has 0 aliphatic heterocycles. The Balaban J connectivity index is 1.84. The molecule has 30 heavy (non-hydrogen) atoms. The number of aliphatic hydroxyl groups is 1. The van der Waals surface area contributed by atoms with Gasteiger partial charge in [0.15, 0.2) is 0 Å². The van der Waals surface area contributed by atoms with Gasteiger partial charge in [0.1, 0.15) is 5.75 Å². The van der Waals surface area contributed by atoms with Crippen molar-refractivity contribution in [3.05, 3.63) is 67.0 Å². The van der Waals surface area contributed by atoms with Gasteiger partial charge in [0.05, 0.1) is 40.2 Å². The van der Waals surface area contributed by atoms with Crippen LogP contribution < -0.4 is 10.4 Å². The van der Waals surface area contributed by atoms with Crippen molar-refractivity contribution in [1.29, 1.82) is 0 Å². The number of aliphatic hydroxyl groups excluding tert-OH is 1. The molecule has 0 bridgehead atoms. The first-order chi connectivity index (χ1) is 14.4. The molecule has 1 aliphatic rings. The van der Waals surface area contributed by atoms with E-state index in [0.717, 1.165) is 10.0 Å². The minimum absolute atomic E-state index is 0.0336. The number of non-ortho nitro benzene ring substituents is 1. The van der Waals surface area contributed by atoms with E-state index < -0.39 is 4.92 Å². The average molecular weight is 476 g/mol. The fourth-order valence-electron chi connectivity index (χ4n) is 4.19. The van der Waals surface area contributed by atoms with E-state index in [0.29, 0.717) is 42.5 Å². The van der Waals surface area contributed by atoms with Crippen LogP contribution in [0.1, 0.15) is 37.3 Å². The first-order valence-electron chi connectivity index (χ1n) is 9.78. The van der Waals surface area contributed by atoms with Gasteiger partial charge in [0, 0.05) is 18.2 Å². The first-order valence-corrected chi connectivity index (χ1v) is 10.6. The molecule has 2 aromatic carbocycles. The largest absolute Gasteiger partial charge is 0.496 e. The summed E-state index contributed by atoms with van der Waals surface area (Å²) in [5.74, 6) is 0.685. The van der Waals surface area contributed by atoms with Gasteiger partial charge >= 0.3 is 5.69 Å². The number of hydrogen-bond acceptors (Lipinski definition) is 5. The molecule has 0 radical (unpaired) electrons. The Labute approximate surface area is 181 Å². The van der Waals surface area contributed by atoms with Crippen molar-refractivity contribution in [2.24, 2.45) is 0 Å². The molecule has 1 heterocycles. The van der Waals surface area contributed by atoms with Crippen LogP contribution >= 0.6 is 15.9 Å². The second-order valence-corrected chi connectivity index (χ2v) is 8.45. The van der Waals surface area contributed by atoms with E-state index in [2.05, 4.69) is 15.9 Å². The van der Waals surface area contributed by atoms with Crippen LogP contribution in [0.4, 0.5) is 5.69 Å². The molecule has 0 unspecified atom stereocenters. The lowest BCUT2D eigenvalue weighted by Crippen LogP contribution is -2.31. The number of imidazole rings is 1. The van der Waals surface area contributed by atoms with Crippen molar-refractivity contribution in [3.8, 4) is 5.75 Å². The Morgan fingerprint density at radius 1 is 1.17 bits per heavy atom. The predicted octanol–water partition coefficient (Wildman–Crippen LogP) is 4.01. The number of fused-ring (bicyclic) bond motifs is 1. The molecule has 158 valence electrons. The van der Waals surface area contributed by atoms with Gasteiger partial charge in [-0.05, 0) is 65.4 Å². The van der Waals surface area contributed by atoms with Crippen LogP contribution in [0.2, 0.25) is 0 Å². The van der Waals surface area contributed by atoms with Gasteiger partial charge < -0.3 is 9.84 Å². The SMILES string of the molecule is COc1ccc(Cn2c(=O)n([C@H]3CC[C@H](O)CC3)c3ccc([N+](=O)[O-])cc32)cc1Br. The predicted molar refractivity (Wildman–Crippen MR) is 116 cm³/mol. The molecule has 4 rings (SSSR count). The monoisotopic (exact) mass is 475 g/mol. The molecular weight excluding hydrogens is 454 g/mol. The van der Waals surface area contributed by atoms with Gasteiger partial charge in [-0.1, -0.05) is 6.07 Å². The van der Waals surface area contributed by atoms with E-state index in [-0.39, 0.29) is 30.1 Å². The molecule has 1 N–H and O–H groups in total. The van der Waals surface area contributed by atoms with Gasteiger partial charge in [0.2, 0.25) is 0 Å². The van der Waals surface area contributed by atoms with E-state index in [1.807, 2.05) is 18.2 Å². The smallest absolute Gasteiger partial charge is 0.329 e. The Bertz CT molecular complexity index is 1160. The Morgan fingerprint density at radius 3 is 2.53 bits per heavy atom. The van der Waals surface area contributed by atoms with Crippen molar-refractivity contribution < 1.29 is 14.8 Å². The molecule has 0 saturated heterocycles. The van der Waals surface area contributed by atoms with Crippen molar-refractivity contribution in [1.82, 2.24) is 9.13 Å². The Hall–Kier alpha value is -2.65. The summed E-state index contributed by atoms with van der Waals surface area (Å²) >= 11 is 3.46. The van der Waals surface area contributed by atoms with Crippen molar-refractivity contribution >= 4 is 32.7 Å². The van der Waals surface area contributed by atoms with Gasteiger partial charge in [-0.15, -0.1) is 0 Å². The average Bonchev–Trinajstić information content (AvgIpc) is 3.00. The molecule has 0 atom stereocenters. The summed E-state index contributed by atoms with van der Waals surface area (Å²) in [5, 5.41) is 21.2. The molecule has 8 nitrogen and oxygen atoms in total. The van der Waals surface area contributed by atoms with E-state index >= 15 is 0 Å². The lowest BCUT2D eigenvalue weighted by atomic mass is 9.93. The summed E-state index contributed by atoms with van der Waals surface area (Å²) in [5.41, 5.74) is 1.84. The third kappa shape index (κ3) is 3.75. The number of nitro groups is 1. The van der Waals surface area contributed by atoms with Crippen LogP contribution in [-0.4, -0.2) is 32.4 Å². The van der Waals surface area contributed by atoms with Gasteiger partial charge in [-0.2, -0.15) is 0 Å². The number of aromatic nitrogens is 2. The highest BCUT2D eigenvalue weighted by atomic mass is 79.9. The van der Waals surface area contributed by atoms with E-state index in [1.165, 1.54) is 12.1 Å². The van der Waals surface area contributed by atoms with Gasteiger partial charge in [-0.3, -0.25) is 19.2 Å². The molecule has 1 aromatic heterocycles. The Morgan fingerprint density at radius 2 is 1.90 bits per heavy atom. The third-order valence-electron chi connectivity index (χ3n) is 5.75. The topological polar surface area (TPSA) is 99.5 Å². The summed E-state index contributed by atoms with van der Waals surface area (Å²) in [6, 6.07) is 10.1. The quantitative estimate of drug-likeness (QED) is 0.443. The fourth-order valence-corrected chi connectivity index (χ4v) is 4.78. The summed E-state index contributed by atoms with van der Waals surface area (Å²) in [7, 11) is 1.58. The highest BCUT2D eigenvalue weighted by molar-refractivity contribution is 9.10. The Kier molecular flexibility index (Phi) is 5.66. The molecule has 1 fully saturated rings. The maximum atomic E-state index is 13.4. The van der Waals surface area contributed by atoms with Crippen LogP contribution in [-0.2, 0) is 6.54 Å². The standard InChI is InChI=1S/C21H22BrN3O5/c1-30-20-9-2-13(10-17(20)22)12-23-19-11-15(25(28)29)5-8-18(19)24(21(23)27)14-3-6-16(26)7-4-14/h2,5,8-11,14,16,26H,3-4,6-7,12H2,1H3/t14-,16-. The first kappa shape index (κ1) is 20.6. The number of hydrogen-bond donors (Lipinski definition) is 1. The molecule has 9 heteroatoms. The van der Waals surface area contributed by atoms with Crippen LogP contribution in [0.15, 0.2) is 45.7 Å². The van der Waals surface area contributed by atoms with Gasteiger partial charge in [0.25, 0.3) is 5.69 Å². The van der Waals surface area contributed by atoms with Crippen molar-refractivity contribution in [2.45, 2.75) is 44.4 Å². The van der Waals surface area contributed by atoms with Crippen LogP contribution in [0, 0.1) is 10.1 Å². The van der Waals surface area contributed by atoms with E-state index in [4.69, 9.17) is 4.74 Å². The molecule has 0 amide bonds. The number of methoxy groups -OCH3 is 1. The number of nitro benzene ring substituents is 1. The zero-order valence-electron chi connectivity index (χ0n) is 16.5. The number of rotatable bonds is 5. The molecule has 0 spiro atoms. The fraction of sp³-hybridized carbons (Fsp3) is 0.381. The zero-order chi connectivity index (χ0) is 21.4. The maximum Gasteiger partial charge on any atom is 0.329 e. The highest BCUT2D eigenvalue weighted by Gasteiger charge is 2.26. The van der Waals surface area contributed by atoms with E-state index in [1.54, 1.807) is 22.3 Å². The number of ether oxygens (including phenoxy) is 1. The minimum atomic E-state index is -0.452. The summed E-state index contributed by atoms with van der Waals surface area (Å²) in [6.07, 6.45) is 2.35. The maximum absolute atomic E-state index is 13.4. The van der Waals surface area contributed by atoms with Crippen LogP contribution in [0.5, 0.6) is 5.75 Å². The van der Waals surface area contributed by atoms with Crippen LogP contribution in [0.3, 0.4) is 0 Å². The number of nitrogens with zero attached hydrogens (tertiary/aromatic N) is 3. The number of benzene rings is 2. The molecule has 1 aliphatic carbocycles. The molecule has 1 saturated carbocycles. The molecular formula is C21H22BrN3O5. The third-order valence-corrected chi connectivity index (χ3v) is 6.37. The van der Waals surface area contributed by atoms with Crippen molar-refractivity contribution in [2.75, 3.05) is 7.11 Å². The highest BCUT2D eigenvalue weighted by Crippen LogP contribution is 2.32. The normalized spacial score (nSPS) is 19.2. The van der Waals surface area contributed by atoms with E-state index in [9.17, 15) is 20.0 Å². The van der Waals surface area contributed by atoms with Crippen molar-refractivity contribution in [3.63, 3.8) is 0 Å². The minimum Gasteiger partial charge on any atom is -0.496 e. The van der Waals surface area contributed by atoms with Crippen LogP contribution in [0.25, 0.3) is 11.0 Å². The second kappa shape index (κ2) is 8.23. The molecule has 3 aromatic rings. The summed E-state index contributed by atoms with van der Waals surface area (Å²) < 4.78 is 9.36. The lowest BCUT2D eigenvalue weighted by molar-refractivity contribution is -0.384. The number of halogens is 1.